The molecule has 0 saturated heterocycles. The summed E-state index contributed by atoms with van der Waals surface area (Å²) in [5.74, 6) is 9.39. The molecule has 0 aliphatic heterocycles. The van der Waals surface area contributed by atoms with Crippen LogP contribution < -0.4 is 0 Å². The lowest BCUT2D eigenvalue weighted by molar-refractivity contribution is 0.618. The zero-order valence-corrected chi connectivity index (χ0v) is 8.13. The van der Waals surface area contributed by atoms with E-state index in [4.69, 9.17) is 0 Å². The molecule has 13 heavy (non-hydrogen) atoms. The number of rotatable bonds is 3. The first-order chi connectivity index (χ1) is 6.43. The van der Waals surface area contributed by atoms with E-state index < -0.39 is 0 Å². The van der Waals surface area contributed by atoms with Crippen LogP contribution in [-0.4, -0.2) is 13.3 Å². The first-order valence-corrected chi connectivity index (χ1v) is 5.31. The quantitative estimate of drug-likeness (QED) is 0.461. The summed E-state index contributed by atoms with van der Waals surface area (Å²) >= 11 is 0. The van der Waals surface area contributed by atoms with Crippen LogP contribution in [0.15, 0.2) is 4.99 Å². The van der Waals surface area contributed by atoms with Crippen LogP contribution in [0.5, 0.6) is 0 Å². The molecule has 2 aliphatic carbocycles. The fourth-order valence-electron chi connectivity index (χ4n) is 2.70. The van der Waals surface area contributed by atoms with Gasteiger partial charge in [0.15, 0.2) is 0 Å². The fourth-order valence-corrected chi connectivity index (χ4v) is 2.70. The van der Waals surface area contributed by atoms with E-state index in [1.165, 1.54) is 19.3 Å². The highest BCUT2D eigenvalue weighted by Crippen LogP contribution is 2.54. The third-order valence-electron chi connectivity index (χ3n) is 3.46. The van der Waals surface area contributed by atoms with Crippen LogP contribution in [0.4, 0.5) is 0 Å². The van der Waals surface area contributed by atoms with Gasteiger partial charge in [0.2, 0.25) is 0 Å². The minimum atomic E-state index is 0.951. The molecule has 0 aromatic heterocycles. The number of hydrogen-bond donors (Lipinski definition) is 0. The Bertz CT molecular complexity index is 228. The average Bonchev–Trinajstić information content (AvgIpc) is 2.72. The lowest BCUT2D eigenvalue weighted by Gasteiger charge is -1.96. The normalized spacial score (nSPS) is 36.2. The van der Waals surface area contributed by atoms with Gasteiger partial charge in [0, 0.05) is 19.4 Å². The summed E-state index contributed by atoms with van der Waals surface area (Å²) in [6.45, 7) is 4.50. The van der Waals surface area contributed by atoms with Crippen LogP contribution in [0, 0.1) is 29.6 Å². The summed E-state index contributed by atoms with van der Waals surface area (Å²) in [5.41, 5.74) is 0. The van der Waals surface area contributed by atoms with E-state index in [0.717, 1.165) is 37.1 Å². The van der Waals surface area contributed by atoms with Crippen LogP contribution in [0.25, 0.3) is 0 Å². The second-order valence-corrected chi connectivity index (χ2v) is 4.16. The molecule has 0 aromatic carbocycles. The maximum Gasteiger partial charge on any atom is 0.0384 e. The highest BCUT2D eigenvalue weighted by molar-refractivity contribution is 5.23. The molecule has 2 atom stereocenters. The van der Waals surface area contributed by atoms with Crippen molar-refractivity contribution < 1.29 is 0 Å². The van der Waals surface area contributed by atoms with E-state index in [1.54, 1.807) is 0 Å². The number of nitrogens with zero attached hydrogens (tertiary/aromatic N) is 1. The monoisotopic (exact) mass is 175 g/mol. The topological polar surface area (TPSA) is 12.4 Å². The third-order valence-corrected chi connectivity index (χ3v) is 3.46. The molecule has 0 aromatic rings. The maximum absolute atomic E-state index is 3.94. The van der Waals surface area contributed by atoms with Crippen molar-refractivity contribution in [2.45, 2.75) is 32.1 Å². The van der Waals surface area contributed by atoms with Crippen LogP contribution in [0.2, 0.25) is 0 Å². The summed E-state index contributed by atoms with van der Waals surface area (Å²) in [5, 5.41) is 0. The first kappa shape index (κ1) is 8.81. The van der Waals surface area contributed by atoms with Gasteiger partial charge in [-0.15, -0.1) is 11.8 Å². The van der Waals surface area contributed by atoms with E-state index in [0.29, 0.717) is 0 Å². The second-order valence-electron chi connectivity index (χ2n) is 4.16. The predicted molar refractivity (Wildman–Crippen MR) is 55.7 cm³/mol. The molecule has 70 valence electrons. The van der Waals surface area contributed by atoms with E-state index in [2.05, 4.69) is 23.6 Å². The van der Waals surface area contributed by atoms with Crippen molar-refractivity contribution >= 4 is 6.72 Å². The second kappa shape index (κ2) is 3.96. The van der Waals surface area contributed by atoms with Gasteiger partial charge in [-0.25, -0.2) is 0 Å². The molecule has 1 saturated carbocycles. The van der Waals surface area contributed by atoms with Crippen LogP contribution >= 0.6 is 0 Å². The van der Waals surface area contributed by atoms with Crippen molar-refractivity contribution in [3.05, 3.63) is 0 Å². The van der Waals surface area contributed by atoms with Gasteiger partial charge in [-0.1, -0.05) is 0 Å². The number of aliphatic imine (C=N–C) groups is 1. The van der Waals surface area contributed by atoms with Gasteiger partial charge in [0.05, 0.1) is 0 Å². The molecular formula is C12H17N. The molecule has 0 N–H and O–H groups in total. The zero-order chi connectivity index (χ0) is 9.10. The van der Waals surface area contributed by atoms with Gasteiger partial charge < -0.3 is 4.99 Å². The minimum Gasteiger partial charge on any atom is -0.301 e. The molecule has 0 radical (unpaired) electrons. The Morgan fingerprint density at radius 1 is 1.15 bits per heavy atom. The van der Waals surface area contributed by atoms with E-state index in [1.807, 2.05) is 0 Å². The zero-order valence-electron chi connectivity index (χ0n) is 8.13. The molecule has 2 unspecified atom stereocenters. The third kappa shape index (κ3) is 1.94. The summed E-state index contributed by atoms with van der Waals surface area (Å²) in [4.78, 5) is 3.94. The van der Waals surface area contributed by atoms with Crippen molar-refractivity contribution in [2.24, 2.45) is 22.7 Å². The molecule has 0 bridgehead atoms. The van der Waals surface area contributed by atoms with Gasteiger partial charge in [-0.05, 0) is 43.7 Å². The Hall–Kier alpha value is -0.770. The fraction of sp³-hybridized carbons (Fsp3) is 0.750. The molecule has 1 fully saturated rings. The van der Waals surface area contributed by atoms with Crippen molar-refractivity contribution in [2.75, 3.05) is 6.54 Å². The Balaban J connectivity index is 1.82. The Morgan fingerprint density at radius 2 is 1.77 bits per heavy atom. The minimum absolute atomic E-state index is 0.951. The summed E-state index contributed by atoms with van der Waals surface area (Å²) < 4.78 is 0. The van der Waals surface area contributed by atoms with Gasteiger partial charge in [0.25, 0.3) is 0 Å². The molecule has 0 spiro atoms. The number of fused-ring (bicyclic) bond motifs is 1. The predicted octanol–water partition coefficient (Wildman–Crippen LogP) is 2.52. The molecule has 2 rings (SSSR count). The van der Waals surface area contributed by atoms with Crippen molar-refractivity contribution in [3.63, 3.8) is 0 Å². The van der Waals surface area contributed by atoms with Crippen molar-refractivity contribution in [1.82, 2.24) is 0 Å². The molecule has 2 aliphatic rings. The van der Waals surface area contributed by atoms with Gasteiger partial charge in [-0.2, -0.15) is 0 Å². The Kier molecular flexibility index (Phi) is 2.68. The average molecular weight is 175 g/mol. The Morgan fingerprint density at radius 3 is 2.31 bits per heavy atom. The summed E-state index contributed by atoms with van der Waals surface area (Å²) in [7, 11) is 0. The van der Waals surface area contributed by atoms with E-state index in [9.17, 15) is 0 Å². The van der Waals surface area contributed by atoms with Crippen LogP contribution in [0.3, 0.4) is 0 Å². The molecule has 0 heterocycles. The molecule has 1 nitrogen and oxygen atoms in total. The lowest BCUT2D eigenvalue weighted by Crippen LogP contribution is -1.86. The lowest BCUT2D eigenvalue weighted by atomic mass is 10.1. The largest absolute Gasteiger partial charge is 0.301 e. The van der Waals surface area contributed by atoms with E-state index >= 15 is 0 Å². The Labute approximate surface area is 80.6 Å². The van der Waals surface area contributed by atoms with Crippen LogP contribution in [0.1, 0.15) is 32.1 Å². The number of hydrogen-bond acceptors (Lipinski definition) is 1. The van der Waals surface area contributed by atoms with Gasteiger partial charge >= 0.3 is 0 Å². The highest BCUT2D eigenvalue weighted by Gasteiger charge is 2.47. The van der Waals surface area contributed by atoms with Crippen molar-refractivity contribution in [3.8, 4) is 11.8 Å². The van der Waals surface area contributed by atoms with E-state index in [-0.39, 0.29) is 0 Å². The molecular weight excluding hydrogens is 158 g/mol. The summed E-state index contributed by atoms with van der Waals surface area (Å²) in [6, 6.07) is 0. The maximum atomic E-state index is 3.94. The smallest absolute Gasteiger partial charge is 0.0384 e. The highest BCUT2D eigenvalue weighted by atomic mass is 14.7. The van der Waals surface area contributed by atoms with Crippen molar-refractivity contribution in [1.29, 1.82) is 0 Å². The van der Waals surface area contributed by atoms with Crippen LogP contribution in [-0.2, 0) is 0 Å². The van der Waals surface area contributed by atoms with Gasteiger partial charge in [0.1, 0.15) is 0 Å². The standard InChI is InChI=1S/C12H17N/c1-13-9-8-12-10-6-4-2-3-5-7-11(10)12/h10-12H,1,4-9H2. The van der Waals surface area contributed by atoms with Gasteiger partial charge in [-0.3, -0.25) is 0 Å². The summed E-state index contributed by atoms with van der Waals surface area (Å²) in [6.07, 6.45) is 6.18. The molecule has 0 amide bonds. The molecule has 1 heteroatoms. The SMILES string of the molecule is C=NCCC1C2CCC#CCCC21. The first-order valence-electron chi connectivity index (χ1n) is 5.31.